The second-order valence-electron chi connectivity index (χ2n) is 14.1. The standard InChI is InChI=1S/C44H76N2O2/c1-5-9-13-17-21-33-45(31-19-15-11-7-3)35-37-47-39-41-23-27-43(28-24-41)44-29-25-42(26-30-44)40-48-38-36-46(32-20-16-12-8-4)34-22-18-14-10-6-2/h23-30H,5-22,31-40H2,1-4H3. The van der Waals surface area contributed by atoms with Crippen LogP contribution in [0, 0.1) is 0 Å². The van der Waals surface area contributed by atoms with Gasteiger partial charge in [-0.25, -0.2) is 0 Å². The zero-order chi connectivity index (χ0) is 34.3. The van der Waals surface area contributed by atoms with E-state index in [0.717, 1.165) is 26.3 Å². The Bertz CT molecular complexity index is 881. The van der Waals surface area contributed by atoms with E-state index in [2.05, 4.69) is 86.0 Å². The van der Waals surface area contributed by atoms with Gasteiger partial charge in [0.05, 0.1) is 26.4 Å². The van der Waals surface area contributed by atoms with Crippen molar-refractivity contribution in [2.45, 2.75) is 156 Å². The highest BCUT2D eigenvalue weighted by Crippen LogP contribution is 2.21. The van der Waals surface area contributed by atoms with E-state index in [0.29, 0.717) is 13.2 Å². The van der Waals surface area contributed by atoms with E-state index in [1.807, 2.05) is 0 Å². The summed E-state index contributed by atoms with van der Waals surface area (Å²) in [6, 6.07) is 17.8. The second-order valence-corrected chi connectivity index (χ2v) is 14.1. The minimum Gasteiger partial charge on any atom is -0.375 e. The highest BCUT2D eigenvalue weighted by atomic mass is 16.5. The smallest absolute Gasteiger partial charge is 0.0717 e. The van der Waals surface area contributed by atoms with Gasteiger partial charge in [0, 0.05) is 13.1 Å². The molecule has 2 aromatic rings. The van der Waals surface area contributed by atoms with Gasteiger partial charge >= 0.3 is 0 Å². The molecule has 2 rings (SSSR count). The van der Waals surface area contributed by atoms with Crippen LogP contribution in [0.2, 0.25) is 0 Å². The summed E-state index contributed by atoms with van der Waals surface area (Å²) < 4.78 is 12.3. The van der Waals surface area contributed by atoms with Gasteiger partial charge in [0.2, 0.25) is 0 Å². The van der Waals surface area contributed by atoms with Crippen molar-refractivity contribution in [2.24, 2.45) is 0 Å². The number of hydrogen-bond acceptors (Lipinski definition) is 4. The Labute approximate surface area is 298 Å². The van der Waals surface area contributed by atoms with Gasteiger partial charge < -0.3 is 19.3 Å². The van der Waals surface area contributed by atoms with Crippen LogP contribution in [-0.4, -0.2) is 62.3 Å². The van der Waals surface area contributed by atoms with E-state index in [4.69, 9.17) is 9.47 Å². The summed E-state index contributed by atoms with van der Waals surface area (Å²) in [5.41, 5.74) is 5.01. The van der Waals surface area contributed by atoms with Crippen LogP contribution >= 0.6 is 0 Å². The molecule has 48 heavy (non-hydrogen) atoms. The van der Waals surface area contributed by atoms with E-state index in [1.54, 1.807) is 0 Å². The van der Waals surface area contributed by atoms with Crippen LogP contribution in [-0.2, 0) is 22.7 Å². The molecule has 0 atom stereocenters. The number of benzene rings is 2. The fourth-order valence-corrected chi connectivity index (χ4v) is 6.43. The minimum absolute atomic E-state index is 0.686. The molecule has 0 aliphatic rings. The number of hydrogen-bond donors (Lipinski definition) is 0. The average molecular weight is 665 g/mol. The number of rotatable bonds is 33. The van der Waals surface area contributed by atoms with Gasteiger partial charge in [-0.05, 0) is 74.1 Å². The molecular weight excluding hydrogens is 588 g/mol. The van der Waals surface area contributed by atoms with Crippen molar-refractivity contribution in [1.82, 2.24) is 9.80 Å². The summed E-state index contributed by atoms with van der Waals surface area (Å²) in [6.07, 6.45) is 24.1. The van der Waals surface area contributed by atoms with Crippen LogP contribution in [0.25, 0.3) is 11.1 Å². The molecule has 0 fully saturated rings. The third-order valence-corrected chi connectivity index (χ3v) is 9.69. The van der Waals surface area contributed by atoms with Crippen LogP contribution in [0.4, 0.5) is 0 Å². The first-order chi connectivity index (χ1) is 23.7. The van der Waals surface area contributed by atoms with Gasteiger partial charge in [-0.15, -0.1) is 0 Å². The van der Waals surface area contributed by atoms with Crippen molar-refractivity contribution in [3.8, 4) is 11.1 Å². The molecule has 0 spiro atoms. The number of nitrogens with zero attached hydrogens (tertiary/aromatic N) is 2. The average Bonchev–Trinajstić information content (AvgIpc) is 3.11. The first kappa shape index (κ1) is 42.4. The normalized spacial score (nSPS) is 11.7. The molecule has 0 saturated carbocycles. The van der Waals surface area contributed by atoms with Crippen LogP contribution in [0.3, 0.4) is 0 Å². The van der Waals surface area contributed by atoms with Crippen LogP contribution in [0.5, 0.6) is 0 Å². The van der Waals surface area contributed by atoms with Gasteiger partial charge in [0.1, 0.15) is 0 Å². The number of ether oxygens (including phenoxy) is 2. The van der Waals surface area contributed by atoms with Crippen LogP contribution < -0.4 is 0 Å². The summed E-state index contributed by atoms with van der Waals surface area (Å²) >= 11 is 0. The van der Waals surface area contributed by atoms with Crippen molar-refractivity contribution in [1.29, 1.82) is 0 Å². The third kappa shape index (κ3) is 21.4. The van der Waals surface area contributed by atoms with Crippen molar-refractivity contribution in [2.75, 3.05) is 52.5 Å². The highest BCUT2D eigenvalue weighted by Gasteiger charge is 2.07. The molecule has 4 nitrogen and oxygen atoms in total. The van der Waals surface area contributed by atoms with Crippen molar-refractivity contribution >= 4 is 0 Å². The molecule has 0 heterocycles. The van der Waals surface area contributed by atoms with Crippen molar-refractivity contribution in [3.05, 3.63) is 59.7 Å². The Balaban J connectivity index is 1.71. The fourth-order valence-electron chi connectivity index (χ4n) is 6.43. The highest BCUT2D eigenvalue weighted by molar-refractivity contribution is 5.63. The van der Waals surface area contributed by atoms with E-state index in [1.165, 1.54) is 164 Å². The van der Waals surface area contributed by atoms with Crippen molar-refractivity contribution in [3.63, 3.8) is 0 Å². The Kier molecular flexibility index (Phi) is 26.6. The summed E-state index contributed by atoms with van der Waals surface area (Å²) in [5.74, 6) is 0. The number of unbranched alkanes of at least 4 members (excludes halogenated alkanes) is 14. The van der Waals surface area contributed by atoms with Gasteiger partial charge in [-0.1, -0.05) is 166 Å². The molecule has 0 radical (unpaired) electrons. The molecule has 0 unspecified atom stereocenters. The van der Waals surface area contributed by atoms with Crippen molar-refractivity contribution < 1.29 is 9.47 Å². The quantitative estimate of drug-likeness (QED) is 0.0709. The summed E-state index contributed by atoms with van der Waals surface area (Å²) in [5, 5.41) is 0. The zero-order valence-corrected chi connectivity index (χ0v) is 32.1. The fraction of sp³-hybridized carbons (Fsp3) is 0.727. The monoisotopic (exact) mass is 665 g/mol. The maximum Gasteiger partial charge on any atom is 0.0717 e. The first-order valence-corrected chi connectivity index (χ1v) is 20.5. The molecule has 0 amide bonds. The molecule has 0 aliphatic heterocycles. The first-order valence-electron chi connectivity index (χ1n) is 20.5. The largest absolute Gasteiger partial charge is 0.375 e. The second kappa shape index (κ2) is 30.1. The molecule has 0 bridgehead atoms. The van der Waals surface area contributed by atoms with E-state index in [-0.39, 0.29) is 0 Å². The molecule has 0 aliphatic carbocycles. The topological polar surface area (TPSA) is 24.9 Å². The predicted octanol–water partition coefficient (Wildman–Crippen LogP) is 12.1. The predicted molar refractivity (Wildman–Crippen MR) is 210 cm³/mol. The third-order valence-electron chi connectivity index (χ3n) is 9.69. The Morgan fingerprint density at radius 2 is 0.646 bits per heavy atom. The molecule has 4 heteroatoms. The van der Waals surface area contributed by atoms with Crippen LogP contribution in [0.1, 0.15) is 154 Å². The van der Waals surface area contributed by atoms with Gasteiger partial charge in [0.15, 0.2) is 0 Å². The van der Waals surface area contributed by atoms with Gasteiger partial charge in [-0.3, -0.25) is 0 Å². The van der Waals surface area contributed by atoms with Gasteiger partial charge in [-0.2, -0.15) is 0 Å². The molecular formula is C44H76N2O2. The molecule has 0 aromatic heterocycles. The van der Waals surface area contributed by atoms with E-state index < -0.39 is 0 Å². The molecule has 2 aromatic carbocycles. The SMILES string of the molecule is CCCCCCCN(CCCCCC)CCOCc1ccc(-c2ccc(COCCN(CCCCCC)CCCCCCC)cc2)cc1. The van der Waals surface area contributed by atoms with Gasteiger partial charge in [0.25, 0.3) is 0 Å². The lowest BCUT2D eigenvalue weighted by atomic mass is 10.0. The lowest BCUT2D eigenvalue weighted by Gasteiger charge is -2.22. The Hall–Kier alpha value is -1.72. The van der Waals surface area contributed by atoms with E-state index >= 15 is 0 Å². The zero-order valence-electron chi connectivity index (χ0n) is 32.1. The van der Waals surface area contributed by atoms with E-state index in [9.17, 15) is 0 Å². The molecule has 0 N–H and O–H groups in total. The molecule has 0 saturated heterocycles. The maximum absolute atomic E-state index is 6.15. The minimum atomic E-state index is 0.686. The lowest BCUT2D eigenvalue weighted by Crippen LogP contribution is -2.30. The summed E-state index contributed by atoms with van der Waals surface area (Å²) in [4.78, 5) is 5.28. The lowest BCUT2D eigenvalue weighted by molar-refractivity contribution is 0.0911. The molecule has 274 valence electrons. The van der Waals surface area contributed by atoms with Crippen LogP contribution in [0.15, 0.2) is 48.5 Å². The maximum atomic E-state index is 6.15. The summed E-state index contributed by atoms with van der Waals surface area (Å²) in [6.45, 7) is 19.1. The Morgan fingerprint density at radius 3 is 0.958 bits per heavy atom. The Morgan fingerprint density at radius 1 is 0.354 bits per heavy atom. The summed E-state index contributed by atoms with van der Waals surface area (Å²) in [7, 11) is 0.